The number of hydrogen-bond donors (Lipinski definition) is 6. The van der Waals surface area contributed by atoms with E-state index in [9.17, 15) is 10.2 Å². The second-order valence-electron chi connectivity index (χ2n) is 36.0. The van der Waals surface area contributed by atoms with Gasteiger partial charge in [0.2, 0.25) is 0 Å². The van der Waals surface area contributed by atoms with Gasteiger partial charge in [-0.05, 0) is 206 Å². The molecule has 6 N–H and O–H groups in total. The molecule has 0 unspecified atom stereocenters. The van der Waals surface area contributed by atoms with E-state index in [1.165, 1.54) is 27.8 Å². The van der Waals surface area contributed by atoms with Crippen molar-refractivity contribution in [2.75, 3.05) is 0 Å². The molecule has 9 heteroatoms. The zero-order valence-corrected chi connectivity index (χ0v) is 64.4. The van der Waals surface area contributed by atoms with Crippen molar-refractivity contribution in [1.82, 2.24) is 0 Å². The molecule has 0 amide bonds. The predicted molar refractivity (Wildman–Crippen MR) is 403 cm³/mol. The van der Waals surface area contributed by atoms with Gasteiger partial charge in [0, 0.05) is 0 Å². The van der Waals surface area contributed by atoms with Gasteiger partial charge in [-0.1, -0.05) is 301 Å². The highest BCUT2D eigenvalue weighted by Crippen LogP contribution is 2.56. The van der Waals surface area contributed by atoms with Gasteiger partial charge in [-0.25, -0.2) is 4.31 Å². The first-order valence-electron chi connectivity index (χ1n) is 34.2. The molecular weight excluding hydrogens is 1190 g/mol. The van der Waals surface area contributed by atoms with Crippen LogP contribution in [0.25, 0.3) is 33.4 Å². The maximum atomic E-state index is 12.2. The fourth-order valence-electron chi connectivity index (χ4n) is 16.0. The van der Waals surface area contributed by atoms with E-state index in [0.29, 0.717) is 11.5 Å². The van der Waals surface area contributed by atoms with Gasteiger partial charge < -0.3 is 29.8 Å². The minimum Gasteiger partial charge on any atom is -0.508 e. The van der Waals surface area contributed by atoms with Gasteiger partial charge in [0.1, 0.15) is 11.5 Å². The Balaban J connectivity index is 0.00000189. The van der Waals surface area contributed by atoms with Crippen LogP contribution >= 0.6 is 17.2 Å². The third-order valence-corrected chi connectivity index (χ3v) is 20.9. The fourth-order valence-corrected chi connectivity index (χ4v) is 16.5. The molecule has 0 heterocycles. The molecule has 0 aromatic heterocycles. The molecule has 0 fully saturated rings. The highest BCUT2D eigenvalue weighted by Gasteiger charge is 2.45. The molecule has 94 heavy (non-hydrogen) atoms. The number of phenols is 2. The summed E-state index contributed by atoms with van der Waals surface area (Å²) in [6.07, 6.45) is 5.82. The monoisotopic (exact) mass is 1310 g/mol. The van der Waals surface area contributed by atoms with Crippen molar-refractivity contribution in [2.24, 2.45) is 21.7 Å². The van der Waals surface area contributed by atoms with Crippen molar-refractivity contribution in [3.8, 4) is 44.9 Å². The first-order chi connectivity index (χ1) is 42.9. The van der Waals surface area contributed by atoms with Crippen LogP contribution in [0.1, 0.15) is 274 Å². The van der Waals surface area contributed by atoms with Gasteiger partial charge in [-0.15, -0.1) is 0 Å². The lowest BCUT2D eigenvalue weighted by molar-refractivity contribution is 0.283. The number of aromatic hydroxyl groups is 2. The maximum Gasteiger partial charge on any atom is 0.334 e. The molecule has 0 radical (unpaired) electrons. The van der Waals surface area contributed by atoms with Crippen LogP contribution < -0.4 is 0 Å². The highest BCUT2D eigenvalue weighted by atomic mass is 31.2. The van der Waals surface area contributed by atoms with E-state index in [1.807, 2.05) is 12.1 Å². The van der Waals surface area contributed by atoms with Crippen molar-refractivity contribution in [2.45, 2.75) is 256 Å². The minimum absolute atomic E-state index is 0.0332. The topological polar surface area (TPSA) is 131 Å². The highest BCUT2D eigenvalue weighted by molar-refractivity contribution is 7.53. The van der Waals surface area contributed by atoms with Crippen LogP contribution in [-0.2, 0) is 42.2 Å². The van der Waals surface area contributed by atoms with Crippen LogP contribution in [0.15, 0.2) is 146 Å². The molecule has 7 aromatic rings. The molecule has 0 atom stereocenters. The Morgan fingerprint density at radius 1 is 0.287 bits per heavy atom. The molecule has 0 aliphatic heterocycles. The Bertz CT molecular complexity index is 3580. The van der Waals surface area contributed by atoms with Crippen LogP contribution in [-0.4, -0.2) is 29.8 Å². The quantitative estimate of drug-likeness (QED) is 0.0312. The lowest BCUT2D eigenvalue weighted by atomic mass is 9.60. The Morgan fingerprint density at radius 2 is 0.553 bits per heavy atom. The molecular formula is C85H120O7P2. The molecule has 0 saturated heterocycles. The van der Waals surface area contributed by atoms with Gasteiger partial charge in [0.05, 0.1) is 5.41 Å². The third kappa shape index (κ3) is 18.9. The Kier molecular flexibility index (Phi) is 23.8. The Labute approximate surface area is 572 Å². The summed E-state index contributed by atoms with van der Waals surface area (Å²) in [5.41, 5.74) is 16.9. The summed E-state index contributed by atoms with van der Waals surface area (Å²) in [4.78, 5) is 31.3. The van der Waals surface area contributed by atoms with Crippen LogP contribution in [0, 0.1) is 21.7 Å². The molecule has 0 aliphatic carbocycles. The van der Waals surface area contributed by atoms with E-state index in [-0.39, 0.29) is 54.1 Å². The normalized spacial score (nSPS) is 13.6. The van der Waals surface area contributed by atoms with Crippen molar-refractivity contribution in [3.05, 3.63) is 201 Å². The zero-order chi connectivity index (χ0) is 71.0. The van der Waals surface area contributed by atoms with Gasteiger partial charge in [-0.2, -0.15) is 0 Å². The molecule has 512 valence electrons. The standard InChI is InChI=1S/C85H116O2.H4O5P2/c1-27-79(15,16)69-51-65(45-49-71(69)86)85(66-46-50-72(87)70(52-66)80(17,18)28-2,64-43-41-63(42-44-64)84(25,26)56-78(12,13)14)68-48-47-67(57-29-35-60(36-30-57)81(19,20)53-75(3,4)5)73(58-31-37-61(38-32-58)82(21,22)54-76(6,7)8)74(68)59-33-39-62(40-34-59)83(23,24)55-77(9,10)11;1-6(2)5-7(3)4/h29-52,86-87H,27-28,53-56H2,1-26H3;1-4H. The molecule has 0 aliphatic rings. The summed E-state index contributed by atoms with van der Waals surface area (Å²) in [7, 11) is -5.22. The summed E-state index contributed by atoms with van der Waals surface area (Å²) in [5.74, 6) is 0.594. The summed E-state index contributed by atoms with van der Waals surface area (Å²) in [5, 5.41) is 24.4. The molecule has 7 rings (SSSR count). The number of rotatable bonds is 21. The second kappa shape index (κ2) is 28.7. The number of benzene rings is 7. The number of hydrogen-bond acceptors (Lipinski definition) is 7. The van der Waals surface area contributed by atoms with Crippen LogP contribution in [0.2, 0.25) is 0 Å². The van der Waals surface area contributed by atoms with E-state index in [0.717, 1.165) is 99.7 Å². The van der Waals surface area contributed by atoms with Gasteiger partial charge in [0.25, 0.3) is 0 Å². The lowest BCUT2D eigenvalue weighted by Gasteiger charge is -2.41. The minimum atomic E-state index is -2.61. The van der Waals surface area contributed by atoms with E-state index in [1.54, 1.807) is 0 Å². The molecule has 0 spiro atoms. The maximum absolute atomic E-state index is 12.2. The van der Waals surface area contributed by atoms with Gasteiger partial charge >= 0.3 is 17.2 Å². The first kappa shape index (κ1) is 77.8. The van der Waals surface area contributed by atoms with Crippen molar-refractivity contribution in [1.29, 1.82) is 0 Å². The van der Waals surface area contributed by atoms with Gasteiger partial charge in [0.15, 0.2) is 0 Å². The van der Waals surface area contributed by atoms with Crippen molar-refractivity contribution in [3.63, 3.8) is 0 Å². The van der Waals surface area contributed by atoms with E-state index in [2.05, 4.69) is 318 Å². The van der Waals surface area contributed by atoms with Crippen molar-refractivity contribution >= 4 is 17.2 Å². The third-order valence-electron chi connectivity index (χ3n) is 19.7. The molecule has 7 aromatic carbocycles. The smallest absolute Gasteiger partial charge is 0.334 e. The number of phenolic OH excluding ortho intramolecular Hbond substituents is 2. The van der Waals surface area contributed by atoms with E-state index < -0.39 is 22.6 Å². The van der Waals surface area contributed by atoms with E-state index >= 15 is 0 Å². The first-order valence-corrected chi connectivity index (χ1v) is 36.6. The largest absolute Gasteiger partial charge is 0.508 e. The average molecular weight is 1320 g/mol. The van der Waals surface area contributed by atoms with Crippen LogP contribution in [0.3, 0.4) is 0 Å². The molecule has 0 bridgehead atoms. The van der Waals surface area contributed by atoms with Crippen LogP contribution in [0.4, 0.5) is 0 Å². The van der Waals surface area contributed by atoms with Crippen LogP contribution in [0.5, 0.6) is 11.5 Å². The average Bonchev–Trinajstić information content (AvgIpc) is 0.705. The summed E-state index contributed by atoms with van der Waals surface area (Å²) < 4.78 is 3.60. The Morgan fingerprint density at radius 3 is 0.830 bits per heavy atom. The zero-order valence-electron chi connectivity index (χ0n) is 62.6. The summed E-state index contributed by atoms with van der Waals surface area (Å²) >= 11 is 0. The predicted octanol–water partition coefficient (Wildman–Crippen LogP) is 24.1. The van der Waals surface area contributed by atoms with Crippen molar-refractivity contribution < 1.29 is 34.1 Å². The second-order valence-corrected chi connectivity index (χ2v) is 37.6. The van der Waals surface area contributed by atoms with Gasteiger partial charge in [-0.3, -0.25) is 0 Å². The SMILES string of the molecule is CCC(C)(C)c1cc(C(c2ccc(C(C)(C)CC(C)(C)C)cc2)(c2ccc(O)c(C(C)(C)CC)c2)c2ccc(-c3ccc(C(C)(C)CC(C)(C)C)cc3)c(-c3ccc(C(C)(C)CC(C)(C)C)cc3)c2-c2ccc(C(C)(C)CC(C)(C)C)cc2)ccc1O.OP(O)OP(O)O. The molecule has 0 saturated carbocycles. The Hall–Kier alpha value is -5.20. The summed E-state index contributed by atoms with van der Waals surface area (Å²) in [6.45, 7) is 60.8. The van der Waals surface area contributed by atoms with E-state index in [4.69, 9.17) is 19.6 Å². The fraction of sp³-hybridized carbons (Fsp3) is 0.506. The lowest BCUT2D eigenvalue weighted by Crippen LogP contribution is -2.33. The molecule has 7 nitrogen and oxygen atoms in total. The summed E-state index contributed by atoms with van der Waals surface area (Å²) in [6, 6.07) is 56.2.